The lowest BCUT2D eigenvalue weighted by molar-refractivity contribution is 0.463. The molecule has 1 aliphatic carbocycles. The van der Waals surface area contributed by atoms with Crippen molar-refractivity contribution >= 4 is 5.69 Å². The predicted molar refractivity (Wildman–Crippen MR) is 70.0 cm³/mol. The number of aromatic nitrogens is 1. The molecule has 0 bridgehead atoms. The number of anilines is 1. The highest BCUT2D eigenvalue weighted by atomic mass is 14.9. The summed E-state index contributed by atoms with van der Waals surface area (Å²) in [4.78, 5) is 3.37. The van der Waals surface area contributed by atoms with Crippen LogP contribution in [0.25, 0.3) is 0 Å². The first-order chi connectivity index (χ1) is 7.55. The lowest BCUT2D eigenvalue weighted by Gasteiger charge is -2.23. The van der Waals surface area contributed by atoms with E-state index in [0.717, 1.165) is 0 Å². The second-order valence-electron chi connectivity index (χ2n) is 6.03. The standard InChI is InChI=1S/C14H24N2/c1-14(2,3)13-9-12(10-15-13)16-11-7-5-4-6-8-11/h9-11,15-16H,4-8H2,1-3H3. The zero-order valence-electron chi connectivity index (χ0n) is 10.8. The highest BCUT2D eigenvalue weighted by Gasteiger charge is 2.17. The number of H-pyrrole nitrogens is 1. The lowest BCUT2D eigenvalue weighted by atomic mass is 9.92. The summed E-state index contributed by atoms with van der Waals surface area (Å²) in [6.45, 7) is 6.72. The Morgan fingerprint density at radius 1 is 1.19 bits per heavy atom. The Bertz CT molecular complexity index is 327. The average Bonchev–Trinajstić information content (AvgIpc) is 2.67. The topological polar surface area (TPSA) is 27.8 Å². The van der Waals surface area contributed by atoms with Gasteiger partial charge < -0.3 is 10.3 Å². The smallest absolute Gasteiger partial charge is 0.0522 e. The molecule has 2 rings (SSSR count). The maximum Gasteiger partial charge on any atom is 0.0522 e. The molecule has 2 nitrogen and oxygen atoms in total. The summed E-state index contributed by atoms with van der Waals surface area (Å²) in [6.07, 6.45) is 8.95. The van der Waals surface area contributed by atoms with Gasteiger partial charge in [0, 0.05) is 23.3 Å². The third-order valence-electron chi connectivity index (χ3n) is 3.47. The first-order valence-electron chi connectivity index (χ1n) is 6.51. The van der Waals surface area contributed by atoms with Crippen molar-refractivity contribution in [3.8, 4) is 0 Å². The van der Waals surface area contributed by atoms with E-state index in [9.17, 15) is 0 Å². The van der Waals surface area contributed by atoms with Crippen LogP contribution < -0.4 is 5.32 Å². The summed E-state index contributed by atoms with van der Waals surface area (Å²) in [5.74, 6) is 0. The van der Waals surface area contributed by atoms with E-state index in [2.05, 4.69) is 43.3 Å². The van der Waals surface area contributed by atoms with Crippen LogP contribution in [-0.4, -0.2) is 11.0 Å². The SMILES string of the molecule is CC(C)(C)c1cc(NC2CCCCC2)c[nH]1. The van der Waals surface area contributed by atoms with Crippen LogP contribution >= 0.6 is 0 Å². The highest BCUT2D eigenvalue weighted by molar-refractivity contribution is 5.45. The van der Waals surface area contributed by atoms with Gasteiger partial charge in [0.05, 0.1) is 5.69 Å². The monoisotopic (exact) mass is 220 g/mol. The Morgan fingerprint density at radius 2 is 1.88 bits per heavy atom. The Morgan fingerprint density at radius 3 is 2.44 bits per heavy atom. The second-order valence-corrected chi connectivity index (χ2v) is 6.03. The fourth-order valence-corrected chi connectivity index (χ4v) is 2.39. The van der Waals surface area contributed by atoms with Gasteiger partial charge in [0.1, 0.15) is 0 Å². The van der Waals surface area contributed by atoms with Crippen LogP contribution in [0.15, 0.2) is 12.3 Å². The van der Waals surface area contributed by atoms with Gasteiger partial charge in [-0.2, -0.15) is 0 Å². The van der Waals surface area contributed by atoms with Crippen molar-refractivity contribution in [2.75, 3.05) is 5.32 Å². The molecule has 0 amide bonds. The minimum atomic E-state index is 0.215. The average molecular weight is 220 g/mol. The Labute approximate surface area is 98.8 Å². The molecule has 1 fully saturated rings. The van der Waals surface area contributed by atoms with Gasteiger partial charge in [-0.15, -0.1) is 0 Å². The van der Waals surface area contributed by atoms with Crippen LogP contribution in [0, 0.1) is 0 Å². The van der Waals surface area contributed by atoms with Crippen LogP contribution in [0.4, 0.5) is 5.69 Å². The molecule has 0 aliphatic heterocycles. The molecular formula is C14H24N2. The van der Waals surface area contributed by atoms with E-state index in [0.29, 0.717) is 6.04 Å². The van der Waals surface area contributed by atoms with Crippen molar-refractivity contribution in [1.29, 1.82) is 0 Å². The first kappa shape index (κ1) is 11.6. The van der Waals surface area contributed by atoms with Crippen molar-refractivity contribution in [3.05, 3.63) is 18.0 Å². The number of hydrogen-bond donors (Lipinski definition) is 2. The molecular weight excluding hydrogens is 196 g/mol. The van der Waals surface area contributed by atoms with Gasteiger partial charge in [-0.1, -0.05) is 40.0 Å². The molecule has 1 saturated carbocycles. The highest BCUT2D eigenvalue weighted by Crippen LogP contribution is 2.26. The van der Waals surface area contributed by atoms with E-state index in [1.54, 1.807) is 0 Å². The van der Waals surface area contributed by atoms with Gasteiger partial charge in [0.2, 0.25) is 0 Å². The van der Waals surface area contributed by atoms with Crippen LogP contribution in [0.2, 0.25) is 0 Å². The minimum Gasteiger partial charge on any atom is -0.381 e. The van der Waals surface area contributed by atoms with E-state index in [1.807, 2.05) is 0 Å². The summed E-state index contributed by atoms with van der Waals surface area (Å²) in [5, 5.41) is 3.64. The van der Waals surface area contributed by atoms with Gasteiger partial charge in [0.15, 0.2) is 0 Å². The third-order valence-corrected chi connectivity index (χ3v) is 3.47. The van der Waals surface area contributed by atoms with Crippen LogP contribution in [0.1, 0.15) is 58.6 Å². The van der Waals surface area contributed by atoms with Crippen LogP contribution in [0.3, 0.4) is 0 Å². The van der Waals surface area contributed by atoms with E-state index >= 15 is 0 Å². The molecule has 0 saturated heterocycles. The number of nitrogens with one attached hydrogen (secondary N) is 2. The molecule has 0 unspecified atom stereocenters. The normalized spacial score (nSPS) is 18.7. The van der Waals surface area contributed by atoms with E-state index in [-0.39, 0.29) is 5.41 Å². The van der Waals surface area contributed by atoms with Crippen molar-refractivity contribution in [2.24, 2.45) is 0 Å². The third kappa shape index (κ3) is 2.81. The molecule has 0 aromatic carbocycles. The summed E-state index contributed by atoms with van der Waals surface area (Å²) >= 11 is 0. The van der Waals surface area contributed by atoms with Gasteiger partial charge in [-0.05, 0) is 18.9 Å². The van der Waals surface area contributed by atoms with Crippen molar-refractivity contribution in [3.63, 3.8) is 0 Å². The molecule has 1 aliphatic rings. The summed E-state index contributed by atoms with van der Waals surface area (Å²) in [5.41, 5.74) is 2.79. The number of hydrogen-bond acceptors (Lipinski definition) is 1. The lowest BCUT2D eigenvalue weighted by Crippen LogP contribution is -2.21. The fourth-order valence-electron chi connectivity index (χ4n) is 2.39. The zero-order chi connectivity index (χ0) is 11.6. The van der Waals surface area contributed by atoms with E-state index in [1.165, 1.54) is 43.5 Å². The molecule has 0 atom stereocenters. The Hall–Kier alpha value is -0.920. The maximum absolute atomic E-state index is 3.64. The Kier molecular flexibility index (Phi) is 3.27. The first-order valence-corrected chi connectivity index (χ1v) is 6.51. The Balaban J connectivity index is 1.97. The molecule has 2 heteroatoms. The quantitative estimate of drug-likeness (QED) is 0.773. The van der Waals surface area contributed by atoms with Crippen LogP contribution in [0.5, 0.6) is 0 Å². The second kappa shape index (κ2) is 4.52. The van der Waals surface area contributed by atoms with Crippen molar-refractivity contribution in [2.45, 2.75) is 64.3 Å². The molecule has 0 radical (unpaired) electrons. The van der Waals surface area contributed by atoms with E-state index < -0.39 is 0 Å². The molecule has 1 aromatic heterocycles. The molecule has 2 N–H and O–H groups in total. The molecule has 90 valence electrons. The molecule has 16 heavy (non-hydrogen) atoms. The van der Waals surface area contributed by atoms with Crippen LogP contribution in [-0.2, 0) is 5.41 Å². The van der Waals surface area contributed by atoms with Gasteiger partial charge >= 0.3 is 0 Å². The summed E-state index contributed by atoms with van der Waals surface area (Å²) in [6, 6.07) is 2.95. The maximum atomic E-state index is 3.64. The molecule has 1 heterocycles. The fraction of sp³-hybridized carbons (Fsp3) is 0.714. The minimum absolute atomic E-state index is 0.215. The number of aromatic amines is 1. The summed E-state index contributed by atoms with van der Waals surface area (Å²) in [7, 11) is 0. The molecule has 1 aromatic rings. The predicted octanol–water partition coefficient (Wildman–Crippen LogP) is 4.06. The molecule has 0 spiro atoms. The van der Waals surface area contributed by atoms with Gasteiger partial charge in [0.25, 0.3) is 0 Å². The summed E-state index contributed by atoms with van der Waals surface area (Å²) < 4.78 is 0. The zero-order valence-corrected chi connectivity index (χ0v) is 10.8. The largest absolute Gasteiger partial charge is 0.381 e. The van der Waals surface area contributed by atoms with E-state index in [4.69, 9.17) is 0 Å². The van der Waals surface area contributed by atoms with Crippen molar-refractivity contribution < 1.29 is 0 Å². The number of rotatable bonds is 2. The van der Waals surface area contributed by atoms with Gasteiger partial charge in [-0.3, -0.25) is 0 Å². The van der Waals surface area contributed by atoms with Gasteiger partial charge in [-0.25, -0.2) is 0 Å². The van der Waals surface area contributed by atoms with Crippen molar-refractivity contribution in [1.82, 2.24) is 4.98 Å².